The van der Waals surface area contributed by atoms with E-state index in [1.807, 2.05) is 24.3 Å². The minimum Gasteiger partial charge on any atom is -0.360 e. The average molecular weight is 395 g/mol. The summed E-state index contributed by atoms with van der Waals surface area (Å²) in [6.07, 6.45) is 1.30. The number of thioether (sulfide) groups is 1. The van der Waals surface area contributed by atoms with Crippen molar-refractivity contribution in [3.63, 3.8) is 0 Å². The molecule has 28 heavy (non-hydrogen) atoms. The second-order valence-corrected chi connectivity index (χ2v) is 7.27. The minimum atomic E-state index is -0.592. The van der Waals surface area contributed by atoms with Gasteiger partial charge in [0.25, 0.3) is 11.6 Å². The highest BCUT2D eigenvalue weighted by Crippen LogP contribution is 2.42. The molecule has 0 aromatic heterocycles. The van der Waals surface area contributed by atoms with Crippen LogP contribution in [0, 0.1) is 10.1 Å². The van der Waals surface area contributed by atoms with Crippen molar-refractivity contribution >= 4 is 34.2 Å². The van der Waals surface area contributed by atoms with Crippen molar-refractivity contribution in [2.75, 3.05) is 11.1 Å². The lowest BCUT2D eigenvalue weighted by Crippen LogP contribution is -2.50. The smallest absolute Gasteiger partial charge is 0.269 e. The van der Waals surface area contributed by atoms with E-state index < -0.39 is 17.1 Å². The van der Waals surface area contributed by atoms with Crippen LogP contribution < -0.4 is 10.6 Å². The van der Waals surface area contributed by atoms with Crippen molar-refractivity contribution < 1.29 is 9.72 Å². The van der Waals surface area contributed by atoms with Gasteiger partial charge in [0.1, 0.15) is 6.17 Å². The Kier molecular flexibility index (Phi) is 4.74. The first-order chi connectivity index (χ1) is 13.6. The molecular weight excluding hydrogens is 378 g/mol. The molecule has 8 nitrogen and oxygen atoms in total. The van der Waals surface area contributed by atoms with Gasteiger partial charge in [0.15, 0.2) is 11.2 Å². The van der Waals surface area contributed by atoms with Crippen LogP contribution in [0.2, 0.25) is 0 Å². The summed E-state index contributed by atoms with van der Waals surface area (Å²) in [6, 6.07) is 13.2. The third-order valence-corrected chi connectivity index (χ3v) is 5.38. The summed E-state index contributed by atoms with van der Waals surface area (Å²) in [4.78, 5) is 23.4. The van der Waals surface area contributed by atoms with Gasteiger partial charge in [0, 0.05) is 29.1 Å². The van der Waals surface area contributed by atoms with Crippen molar-refractivity contribution in [1.29, 1.82) is 0 Å². The molecule has 0 unspecified atom stereocenters. The molecule has 0 bridgehead atoms. The number of anilines is 1. The van der Waals surface area contributed by atoms with Gasteiger partial charge in [-0.15, -0.1) is 11.7 Å². The maximum absolute atomic E-state index is 12.9. The van der Waals surface area contributed by atoms with E-state index in [1.54, 1.807) is 23.2 Å². The van der Waals surface area contributed by atoms with E-state index in [4.69, 9.17) is 0 Å². The number of nitro groups is 1. The highest BCUT2D eigenvalue weighted by atomic mass is 32.2. The molecule has 2 atom stereocenters. The lowest BCUT2D eigenvalue weighted by Gasteiger charge is -2.43. The molecule has 2 heterocycles. The van der Waals surface area contributed by atoms with E-state index in [2.05, 4.69) is 22.3 Å². The zero-order chi connectivity index (χ0) is 19.7. The Balaban J connectivity index is 1.77. The summed E-state index contributed by atoms with van der Waals surface area (Å²) >= 11 is 1.38. The molecular formula is C19H17N5O3S. The number of para-hydroxylation sites is 1. The van der Waals surface area contributed by atoms with Crippen LogP contribution in [0.5, 0.6) is 0 Å². The molecule has 2 aromatic rings. The summed E-state index contributed by atoms with van der Waals surface area (Å²) in [5.74, 6) is 0.450. The number of nitrogens with zero attached hydrogens (tertiary/aromatic N) is 3. The lowest BCUT2D eigenvalue weighted by molar-refractivity contribution is -0.384. The standard InChI is InChI=1S/C19H17N5O3S/c1-2-11-28-19-21-18(25)16-14-5-3-4-6-15(14)20-17(23(16)22-19)12-7-9-13(10-8-12)24(26)27/h2-10,16-17,20H,1,11H2,(H,21,22,25)/t16-,17+/m0/s1. The maximum Gasteiger partial charge on any atom is 0.269 e. The van der Waals surface area contributed by atoms with Crippen LogP contribution in [-0.2, 0) is 4.79 Å². The number of nitrogens with one attached hydrogen (secondary N) is 2. The Bertz CT molecular complexity index is 976. The summed E-state index contributed by atoms with van der Waals surface area (Å²) in [5.41, 5.74) is 2.45. The van der Waals surface area contributed by atoms with Gasteiger partial charge in [0.05, 0.1) is 4.92 Å². The molecule has 2 aromatic carbocycles. The molecule has 2 aliphatic rings. The third kappa shape index (κ3) is 3.20. The first-order valence-electron chi connectivity index (χ1n) is 8.60. The molecule has 4 rings (SSSR count). The fourth-order valence-corrected chi connectivity index (χ4v) is 3.87. The van der Waals surface area contributed by atoms with E-state index in [0.29, 0.717) is 10.9 Å². The van der Waals surface area contributed by atoms with Gasteiger partial charge in [0.2, 0.25) is 0 Å². The molecule has 0 radical (unpaired) electrons. The first-order valence-corrected chi connectivity index (χ1v) is 9.58. The van der Waals surface area contributed by atoms with Crippen molar-refractivity contribution in [2.24, 2.45) is 5.10 Å². The molecule has 0 aliphatic carbocycles. The quantitative estimate of drug-likeness (QED) is 0.468. The summed E-state index contributed by atoms with van der Waals surface area (Å²) in [7, 11) is 0. The Morgan fingerprint density at radius 2 is 2.00 bits per heavy atom. The monoisotopic (exact) mass is 395 g/mol. The number of hydrogen-bond acceptors (Lipinski definition) is 7. The number of carbonyl (C=O) groups excluding carboxylic acids is 1. The van der Waals surface area contributed by atoms with Gasteiger partial charge < -0.3 is 10.6 Å². The average Bonchev–Trinajstić information content (AvgIpc) is 2.71. The predicted molar refractivity (Wildman–Crippen MR) is 109 cm³/mol. The predicted octanol–water partition coefficient (Wildman–Crippen LogP) is 3.38. The number of hydrogen-bond donors (Lipinski definition) is 2. The number of hydrazone groups is 1. The van der Waals surface area contributed by atoms with Crippen LogP contribution in [0.4, 0.5) is 11.4 Å². The second kappa shape index (κ2) is 7.35. The Labute approximate surface area is 165 Å². The summed E-state index contributed by atoms with van der Waals surface area (Å²) < 4.78 is 0. The molecule has 2 aliphatic heterocycles. The number of carbonyl (C=O) groups is 1. The topological polar surface area (TPSA) is 99.9 Å². The van der Waals surface area contributed by atoms with Crippen LogP contribution in [0.25, 0.3) is 0 Å². The van der Waals surface area contributed by atoms with E-state index in [1.165, 1.54) is 23.9 Å². The van der Waals surface area contributed by atoms with E-state index in [9.17, 15) is 14.9 Å². The number of fused-ring (bicyclic) bond motifs is 3. The number of nitro benzene ring substituents is 1. The highest BCUT2D eigenvalue weighted by molar-refractivity contribution is 8.14. The SMILES string of the molecule is C=CCSC1=NN2[C@H](C(=O)N1)c1ccccc1N[C@H]2c1ccc([N+](=O)[O-])cc1. The van der Waals surface area contributed by atoms with E-state index in [-0.39, 0.29) is 11.6 Å². The van der Waals surface area contributed by atoms with Gasteiger partial charge in [-0.05, 0) is 23.8 Å². The Morgan fingerprint density at radius 1 is 1.25 bits per heavy atom. The molecule has 0 saturated carbocycles. The lowest BCUT2D eigenvalue weighted by atomic mass is 9.97. The van der Waals surface area contributed by atoms with Crippen LogP contribution >= 0.6 is 11.8 Å². The van der Waals surface area contributed by atoms with E-state index >= 15 is 0 Å². The maximum atomic E-state index is 12.9. The first kappa shape index (κ1) is 18.1. The third-order valence-electron chi connectivity index (χ3n) is 4.52. The van der Waals surface area contributed by atoms with Crippen molar-refractivity contribution in [3.8, 4) is 0 Å². The molecule has 2 N–H and O–H groups in total. The number of benzene rings is 2. The number of rotatable bonds is 4. The normalized spacial score (nSPS) is 20.2. The Hall–Kier alpha value is -3.33. The van der Waals surface area contributed by atoms with Crippen LogP contribution in [0.15, 0.2) is 66.3 Å². The molecule has 9 heteroatoms. The molecule has 1 amide bonds. The number of amidine groups is 1. The van der Waals surface area contributed by atoms with Crippen molar-refractivity contribution in [1.82, 2.24) is 10.3 Å². The zero-order valence-corrected chi connectivity index (χ0v) is 15.6. The second-order valence-electron chi connectivity index (χ2n) is 6.26. The highest BCUT2D eigenvalue weighted by Gasteiger charge is 2.41. The van der Waals surface area contributed by atoms with Crippen LogP contribution in [0.3, 0.4) is 0 Å². The molecule has 0 fully saturated rings. The van der Waals surface area contributed by atoms with Gasteiger partial charge in [-0.1, -0.05) is 36.0 Å². The molecule has 0 spiro atoms. The van der Waals surface area contributed by atoms with Gasteiger partial charge >= 0.3 is 0 Å². The van der Waals surface area contributed by atoms with Gasteiger partial charge in [-0.2, -0.15) is 0 Å². The minimum absolute atomic E-state index is 0.0126. The summed E-state index contributed by atoms with van der Waals surface area (Å²) in [5, 5.41) is 24.1. The number of amides is 1. The van der Waals surface area contributed by atoms with Crippen molar-refractivity contribution in [2.45, 2.75) is 12.2 Å². The van der Waals surface area contributed by atoms with Crippen molar-refractivity contribution in [3.05, 3.63) is 82.4 Å². The Morgan fingerprint density at radius 3 is 2.71 bits per heavy atom. The van der Waals surface area contributed by atoms with Crippen LogP contribution in [0.1, 0.15) is 23.3 Å². The zero-order valence-electron chi connectivity index (χ0n) is 14.7. The van der Waals surface area contributed by atoms with Gasteiger partial charge in [-0.3, -0.25) is 19.9 Å². The number of non-ortho nitro benzene ring substituents is 1. The largest absolute Gasteiger partial charge is 0.360 e. The molecule has 142 valence electrons. The fraction of sp³-hybridized carbons (Fsp3) is 0.158. The molecule has 0 saturated heterocycles. The van der Waals surface area contributed by atoms with Gasteiger partial charge in [-0.25, -0.2) is 0 Å². The fourth-order valence-electron chi connectivity index (χ4n) is 3.27. The van der Waals surface area contributed by atoms with E-state index in [0.717, 1.165) is 16.8 Å². The van der Waals surface area contributed by atoms with Crippen LogP contribution in [-0.4, -0.2) is 26.8 Å². The summed E-state index contributed by atoms with van der Waals surface area (Å²) in [6.45, 7) is 3.69.